The third kappa shape index (κ3) is 4.43. The van der Waals surface area contributed by atoms with Gasteiger partial charge >= 0.3 is 6.03 Å². The largest absolute Gasteiger partial charge is 0.379 e. The highest BCUT2D eigenvalue weighted by Crippen LogP contribution is 2.34. The van der Waals surface area contributed by atoms with E-state index < -0.39 is 11.6 Å². The molecular formula is C21H28N4O4. The topological polar surface area (TPSA) is 91.0 Å². The van der Waals surface area contributed by atoms with Gasteiger partial charge in [-0.25, -0.2) is 4.79 Å². The van der Waals surface area contributed by atoms with Gasteiger partial charge in [0.1, 0.15) is 12.1 Å². The summed E-state index contributed by atoms with van der Waals surface area (Å²) in [6.07, 6.45) is 3.17. The number of imide groups is 1. The van der Waals surface area contributed by atoms with Gasteiger partial charge in [-0.1, -0.05) is 37.1 Å². The number of amides is 4. The fourth-order valence-electron chi connectivity index (χ4n) is 4.32. The molecule has 2 N–H and O–H groups in total. The lowest BCUT2D eigenvalue weighted by atomic mass is 9.98. The third-order valence-corrected chi connectivity index (χ3v) is 6.03. The summed E-state index contributed by atoms with van der Waals surface area (Å²) in [5.41, 5.74) is 1.44. The van der Waals surface area contributed by atoms with Gasteiger partial charge in [-0.05, 0) is 24.0 Å². The first-order valence-corrected chi connectivity index (χ1v) is 10.3. The number of ether oxygens (including phenoxy) is 1. The van der Waals surface area contributed by atoms with Crippen molar-refractivity contribution < 1.29 is 19.1 Å². The van der Waals surface area contributed by atoms with E-state index in [0.717, 1.165) is 56.2 Å². The zero-order valence-electron chi connectivity index (χ0n) is 16.6. The number of nitrogens with zero attached hydrogens (tertiary/aromatic N) is 2. The van der Waals surface area contributed by atoms with Crippen molar-refractivity contribution in [2.24, 2.45) is 0 Å². The summed E-state index contributed by atoms with van der Waals surface area (Å²) in [7, 11) is 0. The molecule has 2 aliphatic heterocycles. The summed E-state index contributed by atoms with van der Waals surface area (Å²) in [5.74, 6) is -0.594. The van der Waals surface area contributed by atoms with Gasteiger partial charge in [0.05, 0.1) is 13.2 Å². The van der Waals surface area contributed by atoms with Gasteiger partial charge in [-0.3, -0.25) is 19.4 Å². The van der Waals surface area contributed by atoms with Crippen LogP contribution in [0.5, 0.6) is 0 Å². The van der Waals surface area contributed by atoms with Crippen LogP contribution in [0.1, 0.15) is 36.8 Å². The van der Waals surface area contributed by atoms with E-state index in [1.54, 1.807) is 0 Å². The Hall–Kier alpha value is -2.45. The van der Waals surface area contributed by atoms with Crippen molar-refractivity contribution in [3.63, 3.8) is 0 Å². The highest BCUT2D eigenvalue weighted by Gasteiger charge is 2.52. The molecule has 4 rings (SSSR count). The molecule has 0 unspecified atom stereocenters. The van der Waals surface area contributed by atoms with E-state index in [9.17, 15) is 14.4 Å². The van der Waals surface area contributed by atoms with Gasteiger partial charge in [-0.2, -0.15) is 0 Å². The molecule has 8 heteroatoms. The van der Waals surface area contributed by atoms with Crippen molar-refractivity contribution in [1.82, 2.24) is 20.4 Å². The van der Waals surface area contributed by atoms with Crippen molar-refractivity contribution in [2.45, 2.75) is 44.3 Å². The van der Waals surface area contributed by atoms with Gasteiger partial charge in [-0.15, -0.1) is 0 Å². The van der Waals surface area contributed by atoms with Crippen molar-refractivity contribution in [3.8, 4) is 0 Å². The van der Waals surface area contributed by atoms with Crippen molar-refractivity contribution >= 4 is 17.8 Å². The molecule has 0 aromatic heterocycles. The highest BCUT2D eigenvalue weighted by molar-refractivity contribution is 6.09. The zero-order valence-corrected chi connectivity index (χ0v) is 16.6. The summed E-state index contributed by atoms with van der Waals surface area (Å²) >= 11 is 0. The number of carbonyl (C=O) groups is 3. The molecular weight excluding hydrogens is 372 g/mol. The van der Waals surface area contributed by atoms with Crippen LogP contribution < -0.4 is 10.6 Å². The van der Waals surface area contributed by atoms with Crippen LogP contribution in [0.15, 0.2) is 24.3 Å². The number of hydrogen-bond donors (Lipinski definition) is 2. The summed E-state index contributed by atoms with van der Waals surface area (Å²) in [5, 5.41) is 5.60. The van der Waals surface area contributed by atoms with Gasteiger partial charge in [0.25, 0.3) is 5.91 Å². The van der Waals surface area contributed by atoms with E-state index >= 15 is 0 Å². The first-order valence-electron chi connectivity index (χ1n) is 10.3. The standard InChI is InChI=1S/C21H28N4O4/c26-18(15-25-19(27)21(23-20(25)28)7-1-2-8-21)22-13-16-3-5-17(6-4-16)14-24-9-11-29-12-10-24/h3-6H,1-2,7-15H2,(H,22,26)(H,23,28). The molecule has 2 saturated heterocycles. The Morgan fingerprint density at radius 3 is 2.41 bits per heavy atom. The van der Waals surface area contributed by atoms with Crippen LogP contribution in [-0.2, 0) is 27.4 Å². The first-order chi connectivity index (χ1) is 14.1. The first kappa shape index (κ1) is 19.8. The van der Waals surface area contributed by atoms with Crippen LogP contribution in [0.3, 0.4) is 0 Å². The molecule has 0 bridgehead atoms. The second-order valence-electron chi connectivity index (χ2n) is 8.09. The van der Waals surface area contributed by atoms with Crippen LogP contribution in [0.4, 0.5) is 4.79 Å². The van der Waals surface area contributed by atoms with Crippen LogP contribution in [0.25, 0.3) is 0 Å². The van der Waals surface area contributed by atoms with Crippen LogP contribution in [0, 0.1) is 0 Å². The van der Waals surface area contributed by atoms with E-state index in [4.69, 9.17) is 4.74 Å². The Morgan fingerprint density at radius 2 is 1.72 bits per heavy atom. The number of rotatable bonds is 6. The number of benzene rings is 1. The summed E-state index contributed by atoms with van der Waals surface area (Å²) in [4.78, 5) is 40.5. The van der Waals surface area contributed by atoms with Gasteiger partial charge in [0, 0.05) is 26.2 Å². The third-order valence-electron chi connectivity index (χ3n) is 6.03. The average Bonchev–Trinajstić information content (AvgIpc) is 3.29. The lowest BCUT2D eigenvalue weighted by molar-refractivity contribution is -0.134. The molecule has 156 valence electrons. The minimum absolute atomic E-state index is 0.235. The van der Waals surface area contributed by atoms with E-state index in [-0.39, 0.29) is 18.4 Å². The van der Waals surface area contributed by atoms with Gasteiger partial charge < -0.3 is 15.4 Å². The average molecular weight is 400 g/mol. The van der Waals surface area contributed by atoms with Crippen LogP contribution in [0.2, 0.25) is 0 Å². The van der Waals surface area contributed by atoms with Crippen LogP contribution in [-0.4, -0.2) is 66.0 Å². The molecule has 8 nitrogen and oxygen atoms in total. The zero-order chi connectivity index (χ0) is 20.3. The van der Waals surface area contributed by atoms with Crippen LogP contribution >= 0.6 is 0 Å². The Balaban J connectivity index is 1.25. The molecule has 1 aromatic rings. The molecule has 1 aliphatic carbocycles. The van der Waals surface area contributed by atoms with Crippen molar-refractivity contribution in [3.05, 3.63) is 35.4 Å². The maximum absolute atomic E-state index is 12.6. The lowest BCUT2D eigenvalue weighted by Crippen LogP contribution is -2.45. The van der Waals surface area contributed by atoms with E-state index in [1.807, 2.05) is 12.1 Å². The summed E-state index contributed by atoms with van der Waals surface area (Å²) in [6, 6.07) is 7.67. The molecule has 2 heterocycles. The van der Waals surface area contributed by atoms with Crippen molar-refractivity contribution in [1.29, 1.82) is 0 Å². The van der Waals surface area contributed by atoms with Gasteiger partial charge in [0.15, 0.2) is 0 Å². The quantitative estimate of drug-likeness (QED) is 0.696. The lowest BCUT2D eigenvalue weighted by Gasteiger charge is -2.26. The molecule has 1 spiro atoms. The molecule has 3 aliphatic rings. The monoisotopic (exact) mass is 400 g/mol. The molecule has 3 fully saturated rings. The van der Waals surface area contributed by atoms with Crippen molar-refractivity contribution in [2.75, 3.05) is 32.8 Å². The highest BCUT2D eigenvalue weighted by atomic mass is 16.5. The fourth-order valence-corrected chi connectivity index (χ4v) is 4.32. The molecule has 1 aromatic carbocycles. The SMILES string of the molecule is O=C(CN1C(=O)NC2(CCCC2)C1=O)NCc1ccc(CN2CCOCC2)cc1. The molecule has 0 atom stereocenters. The molecule has 1 saturated carbocycles. The van der Waals surface area contributed by atoms with Gasteiger partial charge in [0.2, 0.25) is 5.91 Å². The predicted molar refractivity (Wildman–Crippen MR) is 106 cm³/mol. The number of nitrogens with one attached hydrogen (secondary N) is 2. The van der Waals surface area contributed by atoms with E-state index in [0.29, 0.717) is 19.4 Å². The maximum atomic E-state index is 12.6. The fraction of sp³-hybridized carbons (Fsp3) is 0.571. The number of carbonyl (C=O) groups excluding carboxylic acids is 3. The molecule has 0 radical (unpaired) electrons. The molecule has 29 heavy (non-hydrogen) atoms. The maximum Gasteiger partial charge on any atom is 0.325 e. The minimum Gasteiger partial charge on any atom is -0.379 e. The number of urea groups is 1. The normalized spacial score (nSPS) is 21.6. The summed E-state index contributed by atoms with van der Waals surface area (Å²) in [6.45, 7) is 4.48. The predicted octanol–water partition coefficient (Wildman–Crippen LogP) is 1.000. The molecule has 4 amide bonds. The number of hydrogen-bond acceptors (Lipinski definition) is 5. The second-order valence-corrected chi connectivity index (χ2v) is 8.09. The Bertz CT molecular complexity index is 767. The minimum atomic E-state index is -0.770. The van der Waals surface area contributed by atoms with E-state index in [2.05, 4.69) is 27.7 Å². The van der Waals surface area contributed by atoms with E-state index in [1.165, 1.54) is 5.56 Å². The number of morpholine rings is 1. The second kappa shape index (κ2) is 8.51. The summed E-state index contributed by atoms with van der Waals surface area (Å²) < 4.78 is 5.37. The Labute approximate surface area is 170 Å². The Morgan fingerprint density at radius 1 is 1.07 bits per heavy atom. The Kier molecular flexibility index (Phi) is 5.82. The smallest absolute Gasteiger partial charge is 0.325 e.